The molecule has 1 aliphatic rings. The van der Waals surface area contributed by atoms with Crippen LogP contribution in [0.2, 0.25) is 0 Å². The molecule has 0 saturated carbocycles. The Morgan fingerprint density at radius 2 is 1.81 bits per heavy atom. The van der Waals surface area contributed by atoms with E-state index in [0.29, 0.717) is 6.54 Å². The van der Waals surface area contributed by atoms with E-state index in [1.165, 1.54) is 7.11 Å². The molecule has 1 fully saturated rings. The number of hydrogen-bond acceptors (Lipinski definition) is 5. The number of carbonyl (C=O) groups excluding carboxylic acids is 2. The molecule has 6 heteroatoms. The number of methoxy groups -OCH3 is 1. The molecule has 1 N–H and O–H groups in total. The van der Waals surface area contributed by atoms with Crippen molar-refractivity contribution in [2.45, 2.75) is 38.4 Å². The second kappa shape index (κ2) is 6.24. The number of amides is 1. The molecule has 1 aromatic rings. The van der Waals surface area contributed by atoms with Gasteiger partial charge in [-0.05, 0) is 19.4 Å². The molecule has 1 aliphatic heterocycles. The summed E-state index contributed by atoms with van der Waals surface area (Å²) >= 11 is 0. The largest absolute Gasteiger partial charge is 0.467 e. The summed E-state index contributed by atoms with van der Waals surface area (Å²) in [5.74, 6) is -2.03. The van der Waals surface area contributed by atoms with Crippen molar-refractivity contribution < 1.29 is 23.8 Å². The third kappa shape index (κ3) is 3.80. The smallest absolute Gasteiger partial charge is 0.338 e. The van der Waals surface area contributed by atoms with Crippen LogP contribution < -0.4 is 5.32 Å². The molecule has 0 aliphatic carbocycles. The Morgan fingerprint density at radius 1 is 1.19 bits per heavy atom. The standard InChI is InChI=1S/C15H19NO5/c1-15(2)20-11(12(21-15)14(18)19-3)13(17)16-9-10-7-5-4-6-8-10/h4-8,11-12H,9H2,1-3H3,(H,16,17)/t11-,12-/m1/s1. The first kappa shape index (κ1) is 15.5. The molecule has 2 rings (SSSR count). The summed E-state index contributed by atoms with van der Waals surface area (Å²) in [5, 5.41) is 2.74. The molecule has 6 nitrogen and oxygen atoms in total. The molecule has 0 spiro atoms. The van der Waals surface area contributed by atoms with Crippen LogP contribution in [0.5, 0.6) is 0 Å². The highest BCUT2D eigenvalue weighted by atomic mass is 16.8. The number of esters is 1. The van der Waals surface area contributed by atoms with Crippen molar-refractivity contribution in [2.24, 2.45) is 0 Å². The van der Waals surface area contributed by atoms with E-state index in [4.69, 9.17) is 9.47 Å². The lowest BCUT2D eigenvalue weighted by atomic mass is 10.2. The van der Waals surface area contributed by atoms with Crippen molar-refractivity contribution in [1.82, 2.24) is 5.32 Å². The average Bonchev–Trinajstić information content (AvgIpc) is 2.81. The van der Waals surface area contributed by atoms with Crippen molar-refractivity contribution in [2.75, 3.05) is 7.11 Å². The molecule has 0 aromatic heterocycles. The lowest BCUT2D eigenvalue weighted by molar-refractivity contribution is -0.168. The van der Waals surface area contributed by atoms with Crippen molar-refractivity contribution in [1.29, 1.82) is 0 Å². The van der Waals surface area contributed by atoms with E-state index in [1.54, 1.807) is 13.8 Å². The van der Waals surface area contributed by atoms with Gasteiger partial charge in [0.15, 0.2) is 18.0 Å². The topological polar surface area (TPSA) is 73.9 Å². The summed E-state index contributed by atoms with van der Waals surface area (Å²) in [7, 11) is 1.25. The van der Waals surface area contributed by atoms with E-state index in [-0.39, 0.29) is 0 Å². The first-order valence-electron chi connectivity index (χ1n) is 6.68. The fourth-order valence-corrected chi connectivity index (χ4v) is 2.13. The normalized spacial score (nSPS) is 23.6. The SMILES string of the molecule is COC(=O)[C@@H]1OC(C)(C)O[C@H]1C(=O)NCc1ccccc1. The van der Waals surface area contributed by atoms with Gasteiger partial charge in [0.05, 0.1) is 7.11 Å². The Labute approximate surface area is 123 Å². The zero-order chi connectivity index (χ0) is 15.5. The van der Waals surface area contributed by atoms with Crippen molar-refractivity contribution in [3.05, 3.63) is 35.9 Å². The number of carbonyl (C=O) groups is 2. The van der Waals surface area contributed by atoms with E-state index in [2.05, 4.69) is 10.1 Å². The Hall–Kier alpha value is -1.92. The number of hydrogen-bond donors (Lipinski definition) is 1. The minimum absolute atomic E-state index is 0.355. The van der Waals surface area contributed by atoms with Crippen molar-refractivity contribution in [3.63, 3.8) is 0 Å². The maximum Gasteiger partial charge on any atom is 0.338 e. The molecule has 1 heterocycles. The Kier molecular flexibility index (Phi) is 4.59. The summed E-state index contributed by atoms with van der Waals surface area (Å²) in [6, 6.07) is 9.46. The number of nitrogens with one attached hydrogen (secondary N) is 1. The van der Waals surface area contributed by atoms with Crippen LogP contribution in [-0.2, 0) is 30.3 Å². The third-order valence-corrected chi connectivity index (χ3v) is 3.10. The molecule has 1 saturated heterocycles. The van der Waals surface area contributed by atoms with Crippen LogP contribution in [0.3, 0.4) is 0 Å². The van der Waals surface area contributed by atoms with Gasteiger partial charge in [0, 0.05) is 6.54 Å². The molecule has 21 heavy (non-hydrogen) atoms. The van der Waals surface area contributed by atoms with Crippen LogP contribution in [-0.4, -0.2) is 37.0 Å². The summed E-state index contributed by atoms with van der Waals surface area (Å²) in [5.41, 5.74) is 0.957. The van der Waals surface area contributed by atoms with Gasteiger partial charge in [-0.1, -0.05) is 30.3 Å². The van der Waals surface area contributed by atoms with Gasteiger partial charge < -0.3 is 19.5 Å². The quantitative estimate of drug-likeness (QED) is 0.838. The lowest BCUT2D eigenvalue weighted by Gasteiger charge is -2.16. The van der Waals surface area contributed by atoms with E-state index in [0.717, 1.165) is 5.56 Å². The Balaban J connectivity index is 2.01. The zero-order valence-corrected chi connectivity index (χ0v) is 12.3. The first-order chi connectivity index (χ1) is 9.93. The molecule has 1 aromatic carbocycles. The van der Waals surface area contributed by atoms with Crippen LogP contribution in [0.15, 0.2) is 30.3 Å². The van der Waals surface area contributed by atoms with E-state index >= 15 is 0 Å². The van der Waals surface area contributed by atoms with Gasteiger partial charge in [-0.25, -0.2) is 4.79 Å². The Morgan fingerprint density at radius 3 is 2.43 bits per heavy atom. The van der Waals surface area contributed by atoms with Crippen LogP contribution in [0.25, 0.3) is 0 Å². The minimum Gasteiger partial charge on any atom is -0.467 e. The van der Waals surface area contributed by atoms with Gasteiger partial charge in [0.25, 0.3) is 5.91 Å². The molecule has 1 amide bonds. The van der Waals surface area contributed by atoms with Gasteiger partial charge in [-0.2, -0.15) is 0 Å². The summed E-state index contributed by atoms with van der Waals surface area (Å²) in [4.78, 5) is 23.9. The number of benzene rings is 1. The third-order valence-electron chi connectivity index (χ3n) is 3.10. The zero-order valence-electron chi connectivity index (χ0n) is 12.3. The molecule has 114 valence electrons. The van der Waals surface area contributed by atoms with Crippen LogP contribution in [0.4, 0.5) is 0 Å². The van der Waals surface area contributed by atoms with E-state index in [9.17, 15) is 9.59 Å². The van der Waals surface area contributed by atoms with Gasteiger partial charge in [0.2, 0.25) is 0 Å². The van der Waals surface area contributed by atoms with E-state index in [1.807, 2.05) is 30.3 Å². The van der Waals surface area contributed by atoms with Gasteiger partial charge >= 0.3 is 5.97 Å². The molecule has 0 unspecified atom stereocenters. The minimum atomic E-state index is -1.05. The van der Waals surface area contributed by atoms with Gasteiger partial charge in [-0.15, -0.1) is 0 Å². The summed E-state index contributed by atoms with van der Waals surface area (Å²) in [6.45, 7) is 3.65. The average molecular weight is 293 g/mol. The lowest BCUT2D eigenvalue weighted by Crippen LogP contribution is -2.44. The predicted octanol–water partition coefficient (Wildman–Crippen LogP) is 0.996. The maximum absolute atomic E-state index is 12.2. The molecule has 0 bridgehead atoms. The second-order valence-electron chi connectivity index (χ2n) is 5.20. The van der Waals surface area contributed by atoms with Crippen LogP contribution in [0.1, 0.15) is 19.4 Å². The highest BCUT2D eigenvalue weighted by Gasteiger charge is 2.49. The number of ether oxygens (including phenoxy) is 3. The van der Waals surface area contributed by atoms with Crippen molar-refractivity contribution in [3.8, 4) is 0 Å². The van der Waals surface area contributed by atoms with Crippen LogP contribution in [0, 0.1) is 0 Å². The highest BCUT2D eigenvalue weighted by molar-refractivity contribution is 5.89. The van der Waals surface area contributed by atoms with Gasteiger partial charge in [-0.3, -0.25) is 4.79 Å². The first-order valence-corrected chi connectivity index (χ1v) is 6.68. The van der Waals surface area contributed by atoms with Gasteiger partial charge in [0.1, 0.15) is 0 Å². The maximum atomic E-state index is 12.2. The fourth-order valence-electron chi connectivity index (χ4n) is 2.13. The number of rotatable bonds is 4. The Bertz CT molecular complexity index is 514. The molecule has 2 atom stereocenters. The molecular formula is C15H19NO5. The van der Waals surface area contributed by atoms with E-state index < -0.39 is 29.9 Å². The monoisotopic (exact) mass is 293 g/mol. The summed E-state index contributed by atoms with van der Waals surface area (Å²) < 4.78 is 15.6. The summed E-state index contributed by atoms with van der Waals surface area (Å²) in [6.07, 6.45) is -2.07. The fraction of sp³-hybridized carbons (Fsp3) is 0.467. The van der Waals surface area contributed by atoms with Crippen molar-refractivity contribution >= 4 is 11.9 Å². The van der Waals surface area contributed by atoms with Crippen LogP contribution >= 0.6 is 0 Å². The molecule has 0 radical (unpaired) electrons. The second-order valence-corrected chi connectivity index (χ2v) is 5.20. The predicted molar refractivity (Wildman–Crippen MR) is 74.1 cm³/mol. The molecular weight excluding hydrogens is 274 g/mol. The highest BCUT2D eigenvalue weighted by Crippen LogP contribution is 2.29.